The van der Waals surface area contributed by atoms with Gasteiger partial charge in [-0.25, -0.2) is 4.39 Å². The van der Waals surface area contributed by atoms with Crippen LogP contribution in [-0.2, 0) is 10.3 Å². The second-order valence-corrected chi connectivity index (χ2v) is 7.46. The number of aromatic nitrogens is 2. The van der Waals surface area contributed by atoms with Crippen molar-refractivity contribution in [3.8, 4) is 0 Å². The third kappa shape index (κ3) is 3.59. The van der Waals surface area contributed by atoms with Crippen LogP contribution in [0.2, 0.25) is 5.02 Å². The lowest BCUT2D eigenvalue weighted by atomic mass is 9.96. The van der Waals surface area contributed by atoms with Gasteiger partial charge in [0.1, 0.15) is 5.82 Å². The fraction of sp³-hybridized carbons (Fsp3) is 0.500. The van der Waals surface area contributed by atoms with Gasteiger partial charge in [-0.2, -0.15) is 4.98 Å². The van der Waals surface area contributed by atoms with Crippen LogP contribution in [0.5, 0.6) is 0 Å². The van der Waals surface area contributed by atoms with Crippen LogP contribution in [0.1, 0.15) is 56.2 Å². The average Bonchev–Trinajstić information content (AvgIpc) is 3.16. The first kappa shape index (κ1) is 17.4. The van der Waals surface area contributed by atoms with Gasteiger partial charge < -0.3 is 9.84 Å². The molecule has 1 heterocycles. The van der Waals surface area contributed by atoms with Crippen LogP contribution in [-0.4, -0.2) is 22.6 Å². The predicted octanol–water partition coefficient (Wildman–Crippen LogP) is 3.74. The van der Waals surface area contributed by atoms with Gasteiger partial charge in [0.25, 0.3) is 0 Å². The Balaban J connectivity index is 1.41. The molecule has 0 atom stereocenters. The molecule has 0 saturated heterocycles. The zero-order chi connectivity index (χ0) is 18.1. The number of anilines is 1. The van der Waals surface area contributed by atoms with Crippen molar-refractivity contribution >= 4 is 23.2 Å². The van der Waals surface area contributed by atoms with E-state index < -0.39 is 11.4 Å². The maximum atomic E-state index is 13.2. The number of amides is 1. The van der Waals surface area contributed by atoms with Gasteiger partial charge in [-0.05, 0) is 43.9 Å². The van der Waals surface area contributed by atoms with Gasteiger partial charge in [-0.3, -0.25) is 10.1 Å². The summed E-state index contributed by atoms with van der Waals surface area (Å²) in [5.74, 6) is 1.01. The first-order chi connectivity index (χ1) is 12.6. The minimum Gasteiger partial charge on any atom is -0.339 e. The molecule has 4 rings (SSSR count). The molecule has 2 saturated carbocycles. The molecule has 26 heavy (non-hydrogen) atoms. The molecule has 0 unspecified atom stereocenters. The SMILES string of the molecule is O=C(CNC1(c2noc(C3CC3)n2)CCCC1)Nc1ccc(F)c(Cl)c1. The van der Waals surface area contributed by atoms with E-state index in [2.05, 4.69) is 20.8 Å². The molecule has 1 aromatic heterocycles. The predicted molar refractivity (Wildman–Crippen MR) is 94.5 cm³/mol. The van der Waals surface area contributed by atoms with Crippen molar-refractivity contribution in [3.05, 3.63) is 40.8 Å². The molecule has 2 aliphatic rings. The van der Waals surface area contributed by atoms with Crippen LogP contribution >= 0.6 is 11.6 Å². The molecule has 1 aromatic carbocycles. The number of rotatable bonds is 6. The van der Waals surface area contributed by atoms with E-state index in [1.165, 1.54) is 18.2 Å². The highest BCUT2D eigenvalue weighted by atomic mass is 35.5. The molecule has 138 valence electrons. The van der Waals surface area contributed by atoms with E-state index in [0.29, 0.717) is 23.3 Å². The number of carbonyl (C=O) groups excluding carboxylic acids is 1. The van der Waals surface area contributed by atoms with Crippen LogP contribution in [0.3, 0.4) is 0 Å². The third-order valence-electron chi connectivity index (χ3n) is 5.04. The third-order valence-corrected chi connectivity index (χ3v) is 5.33. The van der Waals surface area contributed by atoms with Crippen molar-refractivity contribution in [1.82, 2.24) is 15.5 Å². The highest BCUT2D eigenvalue weighted by Crippen LogP contribution is 2.42. The Morgan fingerprint density at radius 1 is 1.35 bits per heavy atom. The lowest BCUT2D eigenvalue weighted by Crippen LogP contribution is -2.44. The van der Waals surface area contributed by atoms with E-state index in [1.54, 1.807) is 0 Å². The van der Waals surface area contributed by atoms with Crippen molar-refractivity contribution in [2.75, 3.05) is 11.9 Å². The van der Waals surface area contributed by atoms with Gasteiger partial charge in [0.05, 0.1) is 17.1 Å². The maximum absolute atomic E-state index is 13.2. The normalized spacial score (nSPS) is 18.8. The second-order valence-electron chi connectivity index (χ2n) is 7.05. The quantitative estimate of drug-likeness (QED) is 0.800. The summed E-state index contributed by atoms with van der Waals surface area (Å²) in [6.07, 6.45) is 6.04. The van der Waals surface area contributed by atoms with Crippen LogP contribution in [0.25, 0.3) is 0 Å². The lowest BCUT2D eigenvalue weighted by Gasteiger charge is -2.26. The first-order valence-electron chi connectivity index (χ1n) is 8.90. The van der Waals surface area contributed by atoms with Gasteiger partial charge in [-0.1, -0.05) is 29.6 Å². The molecule has 6 nitrogen and oxygen atoms in total. The molecule has 2 aromatic rings. The molecule has 2 N–H and O–H groups in total. The fourth-order valence-corrected chi connectivity index (χ4v) is 3.59. The number of benzene rings is 1. The van der Waals surface area contributed by atoms with Crippen molar-refractivity contribution in [3.63, 3.8) is 0 Å². The highest BCUT2D eigenvalue weighted by molar-refractivity contribution is 6.31. The largest absolute Gasteiger partial charge is 0.339 e. The van der Waals surface area contributed by atoms with E-state index in [-0.39, 0.29) is 17.5 Å². The van der Waals surface area contributed by atoms with Gasteiger partial charge in [0.2, 0.25) is 11.8 Å². The van der Waals surface area contributed by atoms with E-state index in [4.69, 9.17) is 16.1 Å². The van der Waals surface area contributed by atoms with Crippen LogP contribution in [0, 0.1) is 5.82 Å². The number of carbonyl (C=O) groups is 1. The Morgan fingerprint density at radius 2 is 2.12 bits per heavy atom. The summed E-state index contributed by atoms with van der Waals surface area (Å²) >= 11 is 5.74. The lowest BCUT2D eigenvalue weighted by molar-refractivity contribution is -0.115. The van der Waals surface area contributed by atoms with Crippen LogP contribution in [0.4, 0.5) is 10.1 Å². The van der Waals surface area contributed by atoms with Gasteiger partial charge >= 0.3 is 0 Å². The maximum Gasteiger partial charge on any atom is 0.238 e. The Kier molecular flexibility index (Phi) is 4.67. The molecule has 2 aliphatic carbocycles. The monoisotopic (exact) mass is 378 g/mol. The standard InChI is InChI=1S/C18H20ClFN4O2/c19-13-9-12(5-6-14(13)20)22-15(25)10-21-18(7-1-2-8-18)17-23-16(26-24-17)11-3-4-11/h5-6,9,11,21H,1-4,7-8,10H2,(H,22,25). The summed E-state index contributed by atoms with van der Waals surface area (Å²) in [5, 5.41) is 10.2. The number of hydrogen-bond donors (Lipinski definition) is 2. The van der Waals surface area contributed by atoms with Gasteiger partial charge in [-0.15, -0.1) is 0 Å². The Bertz CT molecular complexity index is 815. The zero-order valence-electron chi connectivity index (χ0n) is 14.2. The van der Waals surface area contributed by atoms with Crippen molar-refractivity contribution < 1.29 is 13.7 Å². The van der Waals surface area contributed by atoms with Crippen molar-refractivity contribution in [2.45, 2.75) is 50.0 Å². The molecule has 0 radical (unpaired) electrons. The van der Waals surface area contributed by atoms with Crippen LogP contribution < -0.4 is 10.6 Å². The fourth-order valence-electron chi connectivity index (χ4n) is 3.41. The minimum absolute atomic E-state index is 0.0255. The molecule has 0 spiro atoms. The number of nitrogens with zero attached hydrogens (tertiary/aromatic N) is 2. The van der Waals surface area contributed by atoms with E-state index >= 15 is 0 Å². The summed E-state index contributed by atoms with van der Waals surface area (Å²) in [6.45, 7) is 0.0995. The van der Waals surface area contributed by atoms with E-state index in [9.17, 15) is 9.18 Å². The number of halogens is 2. The number of hydrogen-bond acceptors (Lipinski definition) is 5. The smallest absolute Gasteiger partial charge is 0.238 e. The Hall–Kier alpha value is -1.99. The molecule has 8 heteroatoms. The summed E-state index contributed by atoms with van der Waals surface area (Å²) in [5.41, 5.74) is 0.0354. The molecule has 0 aliphatic heterocycles. The molecular weight excluding hydrogens is 359 g/mol. The summed E-state index contributed by atoms with van der Waals surface area (Å²) in [4.78, 5) is 16.9. The minimum atomic E-state index is -0.517. The first-order valence-corrected chi connectivity index (χ1v) is 9.27. The van der Waals surface area contributed by atoms with Gasteiger partial charge in [0.15, 0.2) is 5.82 Å². The van der Waals surface area contributed by atoms with Gasteiger partial charge in [0, 0.05) is 11.6 Å². The molecule has 1 amide bonds. The summed E-state index contributed by atoms with van der Waals surface area (Å²) in [7, 11) is 0. The van der Waals surface area contributed by atoms with Crippen molar-refractivity contribution in [2.24, 2.45) is 0 Å². The summed E-state index contributed by atoms with van der Waals surface area (Å²) in [6, 6.07) is 4.09. The Labute approximate surface area is 155 Å². The van der Waals surface area contributed by atoms with E-state index in [0.717, 1.165) is 38.5 Å². The molecular formula is C18H20ClFN4O2. The van der Waals surface area contributed by atoms with E-state index in [1.807, 2.05) is 0 Å². The zero-order valence-corrected chi connectivity index (χ0v) is 15.0. The molecule has 2 fully saturated rings. The highest BCUT2D eigenvalue weighted by Gasteiger charge is 2.41. The molecule has 0 bridgehead atoms. The van der Waals surface area contributed by atoms with Crippen LogP contribution in [0.15, 0.2) is 22.7 Å². The summed E-state index contributed by atoms with van der Waals surface area (Å²) < 4.78 is 18.6. The number of nitrogens with one attached hydrogen (secondary N) is 2. The topological polar surface area (TPSA) is 80.1 Å². The van der Waals surface area contributed by atoms with Crippen molar-refractivity contribution in [1.29, 1.82) is 0 Å². The average molecular weight is 379 g/mol. The second kappa shape index (κ2) is 6.96. The Morgan fingerprint density at radius 3 is 2.81 bits per heavy atom.